The van der Waals surface area contributed by atoms with Gasteiger partial charge in [-0.1, -0.05) is 11.6 Å². The molecule has 2 aromatic heterocycles. The van der Waals surface area contributed by atoms with E-state index in [4.69, 9.17) is 26.2 Å². The van der Waals surface area contributed by atoms with Crippen LogP contribution in [0, 0.1) is 12.7 Å². The van der Waals surface area contributed by atoms with Gasteiger partial charge < -0.3 is 19.9 Å². The highest BCUT2D eigenvalue weighted by atomic mass is 35.5. The maximum atomic E-state index is 14.7. The van der Waals surface area contributed by atoms with Gasteiger partial charge in [0, 0.05) is 11.6 Å². The molecule has 160 valence electrons. The van der Waals surface area contributed by atoms with Gasteiger partial charge in [-0.3, -0.25) is 0 Å². The summed E-state index contributed by atoms with van der Waals surface area (Å²) < 4.78 is 25.8. The molecule has 0 radical (unpaired) electrons. The Morgan fingerprint density at radius 3 is 2.84 bits per heavy atom. The number of rotatable bonds is 6. The number of carboxylic acid groups (broad SMARTS) is 1. The van der Waals surface area contributed by atoms with E-state index in [1.807, 2.05) is 19.1 Å². The van der Waals surface area contributed by atoms with Crippen molar-refractivity contribution in [1.82, 2.24) is 20.3 Å². The van der Waals surface area contributed by atoms with Crippen molar-refractivity contribution in [2.24, 2.45) is 0 Å². The molecule has 4 rings (SSSR count). The van der Waals surface area contributed by atoms with Gasteiger partial charge in [0.05, 0.1) is 35.6 Å². The molecule has 0 fully saturated rings. The largest absolute Gasteiger partial charge is 0.489 e. The Labute approximate surface area is 184 Å². The Morgan fingerprint density at radius 1 is 1.29 bits per heavy atom. The summed E-state index contributed by atoms with van der Waals surface area (Å²) in [5.41, 5.74) is 3.30. The van der Waals surface area contributed by atoms with Gasteiger partial charge in [0.2, 0.25) is 5.88 Å². The number of halogens is 2. The molecule has 1 amide bonds. The number of hydrogen-bond acceptors (Lipinski definition) is 7. The number of fused-ring (bicyclic) bond motifs is 2. The average Bonchev–Trinajstić information content (AvgIpc) is 3.17. The third-order valence-corrected chi connectivity index (χ3v) is 5.76. The van der Waals surface area contributed by atoms with E-state index in [2.05, 4.69) is 20.3 Å². The van der Waals surface area contributed by atoms with Crippen molar-refractivity contribution in [3.63, 3.8) is 0 Å². The average molecular weight is 463 g/mol. The fraction of sp³-hybridized carbons (Fsp3) is 0.200. The van der Waals surface area contributed by atoms with Gasteiger partial charge in [0.1, 0.15) is 22.2 Å². The normalized spacial score (nSPS) is 11.1. The third-order valence-electron chi connectivity index (χ3n) is 4.38. The summed E-state index contributed by atoms with van der Waals surface area (Å²) in [6.07, 6.45) is 0.342. The number of carbonyl (C=O) groups is 1. The highest BCUT2D eigenvalue weighted by molar-refractivity contribution is 7.21. The minimum atomic E-state index is -1.18. The maximum Gasteiger partial charge on any atom is 0.404 e. The molecule has 31 heavy (non-hydrogen) atoms. The molecule has 0 bridgehead atoms. The number of hydrogen-bond donors (Lipinski definition) is 2. The minimum absolute atomic E-state index is 0.00971. The summed E-state index contributed by atoms with van der Waals surface area (Å²) in [4.78, 5) is 23.9. The van der Waals surface area contributed by atoms with Crippen LogP contribution in [0.4, 0.5) is 9.18 Å². The van der Waals surface area contributed by atoms with Crippen LogP contribution >= 0.6 is 22.9 Å². The lowest BCUT2D eigenvalue weighted by Crippen LogP contribution is -2.26. The lowest BCUT2D eigenvalue weighted by Gasteiger charge is -2.08. The van der Waals surface area contributed by atoms with Crippen molar-refractivity contribution in [3.05, 3.63) is 40.8 Å². The second kappa shape index (κ2) is 8.48. The van der Waals surface area contributed by atoms with Crippen molar-refractivity contribution in [3.8, 4) is 22.2 Å². The van der Waals surface area contributed by atoms with Gasteiger partial charge in [-0.05, 0) is 24.6 Å². The van der Waals surface area contributed by atoms with Crippen molar-refractivity contribution >= 4 is 50.3 Å². The predicted octanol–water partition coefficient (Wildman–Crippen LogP) is 4.66. The van der Waals surface area contributed by atoms with E-state index in [1.54, 1.807) is 0 Å². The van der Waals surface area contributed by atoms with Gasteiger partial charge >= 0.3 is 6.09 Å². The van der Waals surface area contributed by atoms with E-state index in [0.29, 0.717) is 32.1 Å². The Kier molecular flexibility index (Phi) is 5.75. The van der Waals surface area contributed by atoms with Gasteiger partial charge in [-0.15, -0.1) is 11.3 Å². The van der Waals surface area contributed by atoms with E-state index in [-0.39, 0.29) is 23.9 Å². The molecule has 4 aromatic rings. The summed E-state index contributed by atoms with van der Waals surface area (Å²) >= 11 is 7.53. The SMILES string of the molecule is COc1cnc2c(-c3nc4c(Cl)c(F)c(OCCNC(=O)O)cc4s3)cc(C)cc2n1. The molecule has 0 saturated heterocycles. The number of amides is 1. The van der Waals surface area contributed by atoms with Gasteiger partial charge in [-0.2, -0.15) is 0 Å². The lowest BCUT2D eigenvalue weighted by atomic mass is 10.1. The lowest BCUT2D eigenvalue weighted by molar-refractivity contribution is 0.191. The number of benzene rings is 2. The molecule has 2 heterocycles. The zero-order valence-corrected chi connectivity index (χ0v) is 18.0. The molecule has 0 aliphatic heterocycles. The molecule has 2 N–H and O–H groups in total. The molecule has 0 aliphatic rings. The highest BCUT2D eigenvalue weighted by Gasteiger charge is 2.19. The van der Waals surface area contributed by atoms with Crippen LogP contribution < -0.4 is 14.8 Å². The fourth-order valence-electron chi connectivity index (χ4n) is 3.03. The van der Waals surface area contributed by atoms with Crippen LogP contribution in [-0.4, -0.2) is 46.4 Å². The molecule has 11 heteroatoms. The molecule has 0 unspecified atom stereocenters. The summed E-state index contributed by atoms with van der Waals surface area (Å²) in [7, 11) is 1.52. The Balaban J connectivity index is 1.76. The van der Waals surface area contributed by atoms with Crippen LogP contribution in [0.15, 0.2) is 24.4 Å². The Bertz CT molecular complexity index is 1310. The number of thiazole rings is 1. The molecule has 0 atom stereocenters. The summed E-state index contributed by atoms with van der Waals surface area (Å²) in [6, 6.07) is 5.33. The first kappa shape index (κ1) is 21.0. The minimum Gasteiger partial charge on any atom is -0.489 e. The van der Waals surface area contributed by atoms with Crippen LogP contribution in [0.25, 0.3) is 31.8 Å². The fourth-order valence-corrected chi connectivity index (χ4v) is 4.34. The smallest absolute Gasteiger partial charge is 0.404 e. The van der Waals surface area contributed by atoms with Crippen LogP contribution in [-0.2, 0) is 0 Å². The predicted molar refractivity (Wildman–Crippen MR) is 116 cm³/mol. The molecule has 0 spiro atoms. The maximum absolute atomic E-state index is 14.7. The second-order valence-corrected chi connectivity index (χ2v) is 7.95. The number of nitrogens with zero attached hydrogens (tertiary/aromatic N) is 3. The number of aromatic nitrogens is 3. The molecule has 0 aliphatic carbocycles. The van der Waals surface area contributed by atoms with Crippen molar-refractivity contribution < 1.29 is 23.8 Å². The molecule has 2 aromatic carbocycles. The van der Waals surface area contributed by atoms with Crippen LogP contribution in [0.5, 0.6) is 11.6 Å². The Morgan fingerprint density at radius 2 is 2.10 bits per heavy atom. The van der Waals surface area contributed by atoms with Crippen LogP contribution in [0.2, 0.25) is 5.02 Å². The van der Waals surface area contributed by atoms with E-state index < -0.39 is 11.9 Å². The van der Waals surface area contributed by atoms with Crippen LogP contribution in [0.3, 0.4) is 0 Å². The molecule has 8 nitrogen and oxygen atoms in total. The summed E-state index contributed by atoms with van der Waals surface area (Å²) in [5.74, 6) is -0.420. The van der Waals surface area contributed by atoms with Crippen LogP contribution in [0.1, 0.15) is 5.56 Å². The standard InChI is InChI=1S/C20H16ClFN4O4S/c1-9-5-10(17-11(6-9)25-14(29-2)8-24-17)19-26-18-13(31-19)7-12(16(22)15(18)21)30-4-3-23-20(27)28/h5-8,23H,3-4H2,1-2H3,(H,27,28). The molecular weight excluding hydrogens is 447 g/mol. The van der Waals surface area contributed by atoms with E-state index >= 15 is 0 Å². The van der Waals surface area contributed by atoms with E-state index in [0.717, 1.165) is 11.1 Å². The quantitative estimate of drug-likeness (QED) is 0.401. The first-order valence-electron chi connectivity index (χ1n) is 9.07. The van der Waals surface area contributed by atoms with Gasteiger partial charge in [0.15, 0.2) is 11.6 Å². The van der Waals surface area contributed by atoms with Gasteiger partial charge in [-0.25, -0.2) is 24.1 Å². The zero-order valence-electron chi connectivity index (χ0n) is 16.4. The first-order chi connectivity index (χ1) is 14.9. The number of aryl methyl sites for hydroxylation is 1. The van der Waals surface area contributed by atoms with Crippen molar-refractivity contribution in [1.29, 1.82) is 0 Å². The Hall–Kier alpha value is -3.24. The highest BCUT2D eigenvalue weighted by Crippen LogP contribution is 2.40. The van der Waals surface area contributed by atoms with Crippen molar-refractivity contribution in [2.75, 3.05) is 20.3 Å². The first-order valence-corrected chi connectivity index (χ1v) is 10.3. The van der Waals surface area contributed by atoms with Gasteiger partial charge in [0.25, 0.3) is 0 Å². The number of methoxy groups -OCH3 is 1. The van der Waals surface area contributed by atoms with E-state index in [9.17, 15) is 9.18 Å². The third kappa shape index (κ3) is 4.17. The second-order valence-electron chi connectivity index (χ2n) is 6.54. The topological polar surface area (TPSA) is 106 Å². The monoisotopic (exact) mass is 462 g/mol. The number of ether oxygens (including phenoxy) is 2. The van der Waals surface area contributed by atoms with E-state index in [1.165, 1.54) is 30.7 Å². The summed E-state index contributed by atoms with van der Waals surface area (Å²) in [6.45, 7) is 1.90. The zero-order chi connectivity index (χ0) is 22.1. The summed E-state index contributed by atoms with van der Waals surface area (Å²) in [5, 5.41) is 11.2. The number of nitrogens with one attached hydrogen (secondary N) is 1. The molecule has 0 saturated carbocycles. The molecular formula is C20H16ClFN4O4S. The van der Waals surface area contributed by atoms with Crippen molar-refractivity contribution in [2.45, 2.75) is 6.92 Å².